The number of rotatable bonds is 4. The third-order valence-electron chi connectivity index (χ3n) is 4.05. The number of hydrogen-bond donors (Lipinski definition) is 1. The Bertz CT molecular complexity index is 931. The van der Waals surface area contributed by atoms with Gasteiger partial charge in [-0.1, -0.05) is 11.6 Å². The second-order valence-corrected chi connectivity index (χ2v) is 6.20. The summed E-state index contributed by atoms with van der Waals surface area (Å²) < 4.78 is 5.42. The van der Waals surface area contributed by atoms with Crippen LogP contribution in [-0.4, -0.2) is 17.5 Å². The molecular formula is C21H22N2O2. The number of amides is 1. The van der Waals surface area contributed by atoms with Gasteiger partial charge in [0.25, 0.3) is 5.91 Å². The summed E-state index contributed by atoms with van der Waals surface area (Å²) >= 11 is 0. The maximum Gasteiger partial charge on any atom is 0.255 e. The van der Waals surface area contributed by atoms with Crippen LogP contribution in [0.5, 0.6) is 5.75 Å². The number of fused-ring (bicyclic) bond motifs is 1. The second-order valence-electron chi connectivity index (χ2n) is 6.20. The number of nitrogens with one attached hydrogen (secondary N) is 1. The van der Waals surface area contributed by atoms with E-state index in [1.54, 1.807) is 12.1 Å². The first-order chi connectivity index (χ1) is 12.0. The number of hydrogen-bond acceptors (Lipinski definition) is 3. The Kier molecular flexibility index (Phi) is 4.70. The molecule has 1 N–H and O–H groups in total. The third kappa shape index (κ3) is 3.63. The Morgan fingerprint density at radius 3 is 2.48 bits per heavy atom. The van der Waals surface area contributed by atoms with Crippen LogP contribution in [0, 0.1) is 20.8 Å². The summed E-state index contributed by atoms with van der Waals surface area (Å²) in [4.78, 5) is 17.3. The number of aryl methyl sites for hydroxylation is 3. The molecule has 128 valence electrons. The van der Waals surface area contributed by atoms with Crippen LogP contribution < -0.4 is 10.1 Å². The van der Waals surface area contributed by atoms with Gasteiger partial charge in [-0.25, -0.2) is 0 Å². The van der Waals surface area contributed by atoms with Crippen LogP contribution in [0.15, 0.2) is 42.5 Å². The van der Waals surface area contributed by atoms with Gasteiger partial charge in [-0.05, 0) is 69.7 Å². The van der Waals surface area contributed by atoms with Gasteiger partial charge in [-0.15, -0.1) is 0 Å². The average molecular weight is 334 g/mol. The van der Waals surface area contributed by atoms with E-state index < -0.39 is 0 Å². The number of aromatic nitrogens is 1. The lowest BCUT2D eigenvalue weighted by atomic mass is 10.0. The highest BCUT2D eigenvalue weighted by molar-refractivity contribution is 6.09. The number of anilines is 1. The molecule has 4 heteroatoms. The van der Waals surface area contributed by atoms with E-state index in [1.165, 1.54) is 0 Å². The predicted octanol–water partition coefficient (Wildman–Crippen LogP) is 4.81. The molecule has 0 atom stereocenters. The van der Waals surface area contributed by atoms with Crippen LogP contribution in [0.4, 0.5) is 5.69 Å². The van der Waals surface area contributed by atoms with E-state index in [1.807, 2.05) is 45.9 Å². The van der Waals surface area contributed by atoms with Gasteiger partial charge in [-0.2, -0.15) is 0 Å². The van der Waals surface area contributed by atoms with Gasteiger partial charge in [0.1, 0.15) is 5.75 Å². The van der Waals surface area contributed by atoms with Crippen molar-refractivity contribution in [3.8, 4) is 5.75 Å². The molecule has 0 spiro atoms. The molecule has 0 aliphatic heterocycles. The first-order valence-electron chi connectivity index (χ1n) is 8.40. The molecule has 25 heavy (non-hydrogen) atoms. The minimum atomic E-state index is -0.144. The highest BCUT2D eigenvalue weighted by Crippen LogP contribution is 2.27. The molecule has 0 aliphatic carbocycles. The molecule has 1 amide bonds. The monoisotopic (exact) mass is 334 g/mol. The zero-order valence-corrected chi connectivity index (χ0v) is 15.0. The number of carbonyl (C=O) groups is 1. The number of benzene rings is 2. The molecule has 1 heterocycles. The smallest absolute Gasteiger partial charge is 0.255 e. The normalized spacial score (nSPS) is 10.7. The molecule has 0 fully saturated rings. The van der Waals surface area contributed by atoms with E-state index in [-0.39, 0.29) is 5.91 Å². The quantitative estimate of drug-likeness (QED) is 0.745. The molecule has 1 aromatic heterocycles. The molecule has 0 aliphatic rings. The maximum absolute atomic E-state index is 12.6. The van der Waals surface area contributed by atoms with Crippen molar-refractivity contribution in [3.63, 3.8) is 0 Å². The van der Waals surface area contributed by atoms with Gasteiger partial charge in [0.15, 0.2) is 0 Å². The maximum atomic E-state index is 12.6. The van der Waals surface area contributed by atoms with Crippen molar-refractivity contribution >= 4 is 22.5 Å². The van der Waals surface area contributed by atoms with E-state index in [4.69, 9.17) is 4.74 Å². The van der Waals surface area contributed by atoms with Crippen LogP contribution in [-0.2, 0) is 0 Å². The molecule has 0 unspecified atom stereocenters. The van der Waals surface area contributed by atoms with Crippen molar-refractivity contribution in [3.05, 3.63) is 64.8 Å². The highest BCUT2D eigenvalue weighted by atomic mass is 16.5. The predicted molar refractivity (Wildman–Crippen MR) is 102 cm³/mol. The SMILES string of the molecule is CCOc1ccc(C(=O)Nc2cc(C)nc3c(C)cc(C)cc23)cc1. The minimum Gasteiger partial charge on any atom is -0.494 e. The van der Waals surface area contributed by atoms with Gasteiger partial charge in [0.05, 0.1) is 17.8 Å². The van der Waals surface area contributed by atoms with Gasteiger partial charge < -0.3 is 10.1 Å². The van der Waals surface area contributed by atoms with Gasteiger partial charge >= 0.3 is 0 Å². The zero-order chi connectivity index (χ0) is 18.0. The van der Waals surface area contributed by atoms with Gasteiger partial charge in [0, 0.05) is 16.6 Å². The molecule has 0 radical (unpaired) electrons. The fourth-order valence-electron chi connectivity index (χ4n) is 2.98. The topological polar surface area (TPSA) is 51.2 Å². The van der Waals surface area contributed by atoms with Crippen molar-refractivity contribution in [2.24, 2.45) is 0 Å². The fraction of sp³-hybridized carbons (Fsp3) is 0.238. The average Bonchev–Trinajstić information content (AvgIpc) is 2.57. The number of pyridine rings is 1. The zero-order valence-electron chi connectivity index (χ0n) is 15.0. The number of ether oxygens (including phenoxy) is 1. The van der Waals surface area contributed by atoms with Crippen LogP contribution in [0.25, 0.3) is 10.9 Å². The Morgan fingerprint density at radius 1 is 1.08 bits per heavy atom. The van der Waals surface area contributed by atoms with E-state index in [2.05, 4.69) is 22.4 Å². The Hall–Kier alpha value is -2.88. The molecule has 4 nitrogen and oxygen atoms in total. The van der Waals surface area contributed by atoms with E-state index in [0.29, 0.717) is 12.2 Å². The van der Waals surface area contributed by atoms with E-state index in [9.17, 15) is 4.79 Å². The van der Waals surface area contributed by atoms with Crippen molar-refractivity contribution < 1.29 is 9.53 Å². The first-order valence-corrected chi connectivity index (χ1v) is 8.40. The van der Waals surface area contributed by atoms with Crippen molar-refractivity contribution in [1.82, 2.24) is 4.98 Å². The highest BCUT2D eigenvalue weighted by Gasteiger charge is 2.12. The summed E-state index contributed by atoms with van der Waals surface area (Å²) in [6, 6.07) is 13.2. The molecular weight excluding hydrogens is 312 g/mol. The third-order valence-corrected chi connectivity index (χ3v) is 4.05. The van der Waals surface area contributed by atoms with Crippen LogP contribution >= 0.6 is 0 Å². The Balaban J connectivity index is 1.95. The summed E-state index contributed by atoms with van der Waals surface area (Å²) in [5, 5.41) is 3.99. The number of carbonyl (C=O) groups excluding carboxylic acids is 1. The first kappa shape index (κ1) is 17.0. The molecule has 3 rings (SSSR count). The van der Waals surface area contributed by atoms with Crippen molar-refractivity contribution in [1.29, 1.82) is 0 Å². The molecule has 0 saturated heterocycles. The fourth-order valence-corrected chi connectivity index (χ4v) is 2.98. The lowest BCUT2D eigenvalue weighted by Crippen LogP contribution is -2.12. The minimum absolute atomic E-state index is 0.144. The lowest BCUT2D eigenvalue weighted by molar-refractivity contribution is 0.102. The van der Waals surface area contributed by atoms with E-state index >= 15 is 0 Å². The van der Waals surface area contributed by atoms with Gasteiger partial charge in [-0.3, -0.25) is 9.78 Å². The molecule has 3 aromatic rings. The summed E-state index contributed by atoms with van der Waals surface area (Å²) in [5.74, 6) is 0.615. The van der Waals surface area contributed by atoms with Crippen molar-refractivity contribution in [2.45, 2.75) is 27.7 Å². The molecule has 0 saturated carbocycles. The van der Waals surface area contributed by atoms with Crippen LogP contribution in [0.1, 0.15) is 34.1 Å². The Labute approximate surface area is 147 Å². The largest absolute Gasteiger partial charge is 0.494 e. The van der Waals surface area contributed by atoms with Crippen molar-refractivity contribution in [2.75, 3.05) is 11.9 Å². The molecule has 2 aromatic carbocycles. The van der Waals surface area contributed by atoms with Crippen LogP contribution in [0.3, 0.4) is 0 Å². The van der Waals surface area contributed by atoms with Gasteiger partial charge in [0.2, 0.25) is 0 Å². The Morgan fingerprint density at radius 2 is 1.80 bits per heavy atom. The summed E-state index contributed by atoms with van der Waals surface area (Å²) in [6.45, 7) is 8.56. The summed E-state index contributed by atoms with van der Waals surface area (Å²) in [6.07, 6.45) is 0. The summed E-state index contributed by atoms with van der Waals surface area (Å²) in [7, 11) is 0. The standard InChI is InChI=1S/C21H22N2O2/c1-5-25-17-8-6-16(7-9-17)21(24)23-19-12-15(4)22-20-14(3)10-13(2)11-18(19)20/h6-12H,5H2,1-4H3,(H,22,23,24). The number of nitrogens with zero attached hydrogens (tertiary/aromatic N) is 1. The molecule has 0 bridgehead atoms. The van der Waals surface area contributed by atoms with Crippen LogP contribution in [0.2, 0.25) is 0 Å². The van der Waals surface area contributed by atoms with E-state index in [0.717, 1.165) is 39.2 Å². The lowest BCUT2D eigenvalue weighted by Gasteiger charge is -2.12. The second kappa shape index (κ2) is 6.93. The summed E-state index contributed by atoms with van der Waals surface area (Å²) in [5.41, 5.74) is 5.43.